The second-order valence-electron chi connectivity index (χ2n) is 7.67. The van der Waals surface area contributed by atoms with Crippen molar-refractivity contribution >= 4 is 5.96 Å². The van der Waals surface area contributed by atoms with E-state index in [1.165, 1.54) is 0 Å². The highest BCUT2D eigenvalue weighted by Gasteiger charge is 2.23. The van der Waals surface area contributed by atoms with Crippen molar-refractivity contribution in [2.75, 3.05) is 32.8 Å². The fraction of sp³-hybridized carbons (Fsp3) is 0.522. The molecule has 6 nitrogen and oxygen atoms in total. The second-order valence-corrected chi connectivity index (χ2v) is 7.67. The fourth-order valence-electron chi connectivity index (χ4n) is 3.87. The summed E-state index contributed by atoms with van der Waals surface area (Å²) in [6.07, 6.45) is 7.33. The standard InChI is InChI=1S/C23H31N3O3/c1-2-6-20(7-3-1)29-21-11-14-26(15-12-21)23(25-18-22-9-5-17-28-22)24-13-10-19-8-4-16-27-19/h1-4,6-8,16,21-22H,5,9-15,17-18H2,(H,24,25). The Labute approximate surface area is 172 Å². The highest BCUT2D eigenvalue weighted by atomic mass is 16.5. The number of ether oxygens (including phenoxy) is 2. The Bertz CT molecular complexity index is 734. The molecule has 0 saturated carbocycles. The van der Waals surface area contributed by atoms with E-state index in [9.17, 15) is 0 Å². The number of benzene rings is 1. The topological polar surface area (TPSA) is 59.2 Å². The van der Waals surface area contributed by atoms with Crippen LogP contribution in [0.15, 0.2) is 58.1 Å². The Morgan fingerprint density at radius 3 is 2.69 bits per heavy atom. The van der Waals surface area contributed by atoms with Crippen LogP contribution in [-0.2, 0) is 11.2 Å². The van der Waals surface area contributed by atoms with Crippen LogP contribution in [0.5, 0.6) is 5.75 Å². The van der Waals surface area contributed by atoms with Gasteiger partial charge in [-0.25, -0.2) is 0 Å². The summed E-state index contributed by atoms with van der Waals surface area (Å²) < 4.78 is 17.3. The van der Waals surface area contributed by atoms with Crippen molar-refractivity contribution in [2.45, 2.75) is 44.3 Å². The summed E-state index contributed by atoms with van der Waals surface area (Å²) in [4.78, 5) is 7.24. The summed E-state index contributed by atoms with van der Waals surface area (Å²) >= 11 is 0. The van der Waals surface area contributed by atoms with E-state index in [0.29, 0.717) is 0 Å². The largest absolute Gasteiger partial charge is 0.490 e. The summed E-state index contributed by atoms with van der Waals surface area (Å²) in [7, 11) is 0. The maximum Gasteiger partial charge on any atom is 0.194 e. The van der Waals surface area contributed by atoms with Crippen molar-refractivity contribution in [3.05, 3.63) is 54.5 Å². The van der Waals surface area contributed by atoms with Gasteiger partial charge >= 0.3 is 0 Å². The lowest BCUT2D eigenvalue weighted by Crippen LogP contribution is -2.48. The molecule has 1 unspecified atom stereocenters. The summed E-state index contributed by atoms with van der Waals surface area (Å²) in [6, 6.07) is 14.0. The van der Waals surface area contributed by atoms with E-state index in [-0.39, 0.29) is 12.2 Å². The number of hydrogen-bond acceptors (Lipinski definition) is 4. The lowest BCUT2D eigenvalue weighted by atomic mass is 10.1. The summed E-state index contributed by atoms with van der Waals surface area (Å²) in [6.45, 7) is 4.27. The van der Waals surface area contributed by atoms with Crippen molar-refractivity contribution in [1.82, 2.24) is 10.2 Å². The molecule has 1 aromatic heterocycles. The second kappa shape index (κ2) is 10.3. The van der Waals surface area contributed by atoms with Gasteiger partial charge in [0.15, 0.2) is 5.96 Å². The van der Waals surface area contributed by atoms with Gasteiger partial charge in [0.2, 0.25) is 0 Å². The average Bonchev–Trinajstić information content (AvgIpc) is 3.46. The number of likely N-dealkylation sites (tertiary alicyclic amines) is 1. The molecule has 0 spiro atoms. The van der Waals surface area contributed by atoms with E-state index in [4.69, 9.17) is 18.9 Å². The number of aliphatic imine (C=N–C) groups is 1. The molecule has 1 atom stereocenters. The van der Waals surface area contributed by atoms with Crippen LogP contribution >= 0.6 is 0 Å². The molecular formula is C23H31N3O3. The predicted molar refractivity (Wildman–Crippen MR) is 113 cm³/mol. The van der Waals surface area contributed by atoms with Gasteiger partial charge in [-0.05, 0) is 37.1 Å². The Hall–Kier alpha value is -2.47. The molecule has 0 radical (unpaired) electrons. The molecule has 6 heteroatoms. The van der Waals surface area contributed by atoms with E-state index >= 15 is 0 Å². The van der Waals surface area contributed by atoms with Gasteiger partial charge in [0.05, 0.1) is 18.9 Å². The van der Waals surface area contributed by atoms with Crippen LogP contribution in [0.25, 0.3) is 0 Å². The third-order valence-corrected chi connectivity index (χ3v) is 5.49. The van der Waals surface area contributed by atoms with Crippen LogP contribution in [0, 0.1) is 0 Å². The molecule has 1 aromatic carbocycles. The van der Waals surface area contributed by atoms with Gasteiger partial charge in [0.25, 0.3) is 0 Å². The van der Waals surface area contributed by atoms with Gasteiger partial charge in [-0.15, -0.1) is 0 Å². The minimum Gasteiger partial charge on any atom is -0.490 e. The molecular weight excluding hydrogens is 366 g/mol. The van der Waals surface area contributed by atoms with Crippen molar-refractivity contribution < 1.29 is 13.9 Å². The molecule has 0 aliphatic carbocycles. The monoisotopic (exact) mass is 397 g/mol. The zero-order valence-corrected chi connectivity index (χ0v) is 17.0. The first-order valence-corrected chi connectivity index (χ1v) is 10.8. The van der Waals surface area contributed by atoms with Crippen LogP contribution in [0.3, 0.4) is 0 Å². The Kier molecular flexibility index (Phi) is 7.08. The molecule has 0 bridgehead atoms. The minimum absolute atomic E-state index is 0.260. The molecule has 3 heterocycles. The van der Waals surface area contributed by atoms with Gasteiger partial charge in [-0.1, -0.05) is 18.2 Å². The number of piperidine rings is 1. The Balaban J connectivity index is 1.30. The zero-order chi connectivity index (χ0) is 19.7. The lowest BCUT2D eigenvalue weighted by Gasteiger charge is -2.34. The van der Waals surface area contributed by atoms with E-state index in [1.807, 2.05) is 42.5 Å². The highest BCUT2D eigenvalue weighted by molar-refractivity contribution is 5.80. The first-order chi connectivity index (χ1) is 14.4. The van der Waals surface area contributed by atoms with Crippen LogP contribution in [-0.4, -0.2) is 55.9 Å². The number of hydrogen-bond donors (Lipinski definition) is 1. The van der Waals surface area contributed by atoms with Crippen molar-refractivity contribution in [3.63, 3.8) is 0 Å². The molecule has 2 aliphatic heterocycles. The SMILES string of the molecule is c1ccc(OC2CCN(C(=NCC3CCCO3)NCCc3ccco3)CC2)cc1. The molecule has 1 N–H and O–H groups in total. The van der Waals surface area contributed by atoms with Gasteiger partial charge in [-0.3, -0.25) is 4.99 Å². The Morgan fingerprint density at radius 1 is 1.10 bits per heavy atom. The third-order valence-electron chi connectivity index (χ3n) is 5.49. The van der Waals surface area contributed by atoms with Crippen LogP contribution < -0.4 is 10.1 Å². The van der Waals surface area contributed by atoms with Crippen LogP contribution in [0.4, 0.5) is 0 Å². The van der Waals surface area contributed by atoms with Crippen molar-refractivity contribution in [1.29, 1.82) is 0 Å². The first-order valence-electron chi connectivity index (χ1n) is 10.8. The third kappa shape index (κ3) is 6.00. The van der Waals surface area contributed by atoms with Crippen molar-refractivity contribution in [3.8, 4) is 5.75 Å². The molecule has 0 amide bonds. The lowest BCUT2D eigenvalue weighted by molar-refractivity contribution is 0.116. The van der Waals surface area contributed by atoms with Gasteiger partial charge in [0, 0.05) is 45.5 Å². The Morgan fingerprint density at radius 2 is 1.97 bits per heavy atom. The van der Waals surface area contributed by atoms with Crippen LogP contribution in [0.1, 0.15) is 31.4 Å². The minimum atomic E-state index is 0.260. The zero-order valence-electron chi connectivity index (χ0n) is 17.0. The number of nitrogens with zero attached hydrogens (tertiary/aromatic N) is 2. The number of nitrogens with one attached hydrogen (secondary N) is 1. The molecule has 156 valence electrons. The normalized spacial score (nSPS) is 20.8. The van der Waals surface area contributed by atoms with E-state index in [0.717, 1.165) is 82.4 Å². The number of furan rings is 1. The van der Waals surface area contributed by atoms with Crippen molar-refractivity contribution in [2.24, 2.45) is 4.99 Å². The molecule has 29 heavy (non-hydrogen) atoms. The predicted octanol–water partition coefficient (Wildman–Crippen LogP) is 3.49. The summed E-state index contributed by atoms with van der Waals surface area (Å²) in [5.41, 5.74) is 0. The summed E-state index contributed by atoms with van der Waals surface area (Å²) in [5.74, 6) is 2.92. The van der Waals surface area contributed by atoms with Gasteiger partial charge in [-0.2, -0.15) is 0 Å². The smallest absolute Gasteiger partial charge is 0.194 e. The average molecular weight is 398 g/mol. The maximum atomic E-state index is 6.14. The summed E-state index contributed by atoms with van der Waals surface area (Å²) in [5, 5.41) is 3.54. The highest BCUT2D eigenvalue weighted by Crippen LogP contribution is 2.19. The number of rotatable bonds is 7. The quantitative estimate of drug-likeness (QED) is 0.572. The molecule has 2 saturated heterocycles. The first kappa shape index (κ1) is 19.8. The van der Waals surface area contributed by atoms with Crippen LogP contribution in [0.2, 0.25) is 0 Å². The number of guanidine groups is 1. The van der Waals surface area contributed by atoms with Gasteiger partial charge in [0.1, 0.15) is 17.6 Å². The number of para-hydroxylation sites is 1. The molecule has 2 aromatic rings. The van der Waals surface area contributed by atoms with E-state index < -0.39 is 0 Å². The van der Waals surface area contributed by atoms with E-state index in [1.54, 1.807) is 6.26 Å². The molecule has 4 rings (SSSR count). The molecule has 2 fully saturated rings. The fourth-order valence-corrected chi connectivity index (χ4v) is 3.87. The van der Waals surface area contributed by atoms with E-state index in [2.05, 4.69) is 10.2 Å². The maximum absolute atomic E-state index is 6.14. The molecule has 2 aliphatic rings. The van der Waals surface area contributed by atoms with Gasteiger partial charge < -0.3 is 24.1 Å².